The molecular weight excluding hydrogens is 705 g/mol. The monoisotopic (exact) mass is 736 g/mol. The highest BCUT2D eigenvalue weighted by Gasteiger charge is 2.53. The van der Waals surface area contributed by atoms with Gasteiger partial charge in [-0.15, -0.1) is 0 Å². The van der Waals surface area contributed by atoms with Gasteiger partial charge in [0.1, 0.15) is 5.75 Å². The van der Waals surface area contributed by atoms with Crippen LogP contribution in [0.4, 0.5) is 13.2 Å². The summed E-state index contributed by atoms with van der Waals surface area (Å²) in [6, 6.07) is 26.4. The number of azide groups is 1. The van der Waals surface area contributed by atoms with E-state index in [0.717, 1.165) is 10.5 Å². The van der Waals surface area contributed by atoms with Gasteiger partial charge in [-0.05, 0) is 70.2 Å². The van der Waals surface area contributed by atoms with E-state index in [4.69, 9.17) is 25.1 Å². The van der Waals surface area contributed by atoms with E-state index in [9.17, 15) is 18.0 Å². The van der Waals surface area contributed by atoms with Crippen molar-refractivity contribution in [2.24, 2.45) is 10.1 Å². The van der Waals surface area contributed by atoms with E-state index in [-0.39, 0.29) is 37.6 Å². The maximum atomic E-state index is 14.5. The number of nitrogens with zero attached hydrogens (tertiary/aromatic N) is 4. The molecule has 0 saturated heterocycles. The van der Waals surface area contributed by atoms with Gasteiger partial charge in [0.2, 0.25) is 5.90 Å². The lowest BCUT2D eigenvalue weighted by molar-refractivity contribution is -0.138. The van der Waals surface area contributed by atoms with Crippen molar-refractivity contribution in [3.05, 3.63) is 145 Å². The van der Waals surface area contributed by atoms with E-state index in [1.165, 1.54) is 18.2 Å². The first-order chi connectivity index (χ1) is 23.6. The second-order valence-corrected chi connectivity index (χ2v) is 12.1. The third-order valence-electron chi connectivity index (χ3n) is 7.89. The lowest BCUT2D eigenvalue weighted by atomic mass is 9.81. The number of benzene rings is 4. The smallest absolute Gasteiger partial charge is 0.416 e. The molecule has 0 fully saturated rings. The van der Waals surface area contributed by atoms with Crippen LogP contribution >= 0.6 is 15.9 Å². The van der Waals surface area contributed by atoms with E-state index in [2.05, 4.69) is 36.8 Å². The van der Waals surface area contributed by atoms with Crippen LogP contribution in [0, 0.1) is 0 Å². The van der Waals surface area contributed by atoms with Crippen molar-refractivity contribution >= 4 is 27.7 Å². The first kappa shape index (κ1) is 35.4. The number of aliphatic imine (C=N–C) groups is 1. The molecule has 0 spiro atoms. The molecule has 4 aromatic rings. The average Bonchev–Trinajstić information content (AvgIpc) is 3.48. The molecule has 0 unspecified atom stereocenters. The minimum absolute atomic E-state index is 0.00000997. The summed E-state index contributed by atoms with van der Waals surface area (Å²) in [4.78, 5) is 22.3. The predicted molar refractivity (Wildman–Crippen MR) is 180 cm³/mol. The van der Waals surface area contributed by atoms with Crippen molar-refractivity contribution in [2.45, 2.75) is 43.8 Å². The van der Waals surface area contributed by atoms with Crippen LogP contribution in [-0.2, 0) is 35.2 Å². The quantitative estimate of drug-likeness (QED) is 0.0408. The standard InChI is InChI=1S/C35H32BrF3N6O4/c36-28-14-10-23(11-15-28)31-34(20-25-6-1-2-7-26(25)21-42-45-40,33(47)44-41-22-27-8-3-4-9-30(27)35(37,38)39)43-32(49-31)24-12-16-29(17-13-24)48-19-5-18-46/h1-4,6-17,31,41,46H,5,18-22H2,(H,44,47)/t31-,34-/m0/s1. The number of ether oxygens (including phenoxy) is 2. The van der Waals surface area contributed by atoms with Crippen LogP contribution < -0.4 is 15.6 Å². The molecule has 5 rings (SSSR count). The summed E-state index contributed by atoms with van der Waals surface area (Å²) in [5, 5.41) is 12.8. The number of amides is 1. The molecule has 3 N–H and O–H groups in total. The molecule has 2 atom stereocenters. The molecule has 4 aromatic carbocycles. The molecule has 0 radical (unpaired) electrons. The number of hydrazine groups is 1. The first-order valence-electron chi connectivity index (χ1n) is 15.3. The van der Waals surface area contributed by atoms with Crippen LogP contribution in [0.5, 0.6) is 5.75 Å². The third kappa shape index (κ3) is 8.59. The fraction of sp³-hybridized carbons (Fsp3) is 0.257. The molecule has 0 saturated carbocycles. The Morgan fingerprint density at radius 2 is 1.67 bits per heavy atom. The lowest BCUT2D eigenvalue weighted by Crippen LogP contribution is -2.53. The number of aliphatic hydroxyl groups is 1. The normalized spacial score (nSPS) is 17.1. The Morgan fingerprint density at radius 1 is 1.00 bits per heavy atom. The summed E-state index contributed by atoms with van der Waals surface area (Å²) in [6.07, 6.45) is -5.10. The topological polar surface area (TPSA) is 141 Å². The first-order valence-corrected chi connectivity index (χ1v) is 16.1. The molecule has 1 amide bonds. The molecule has 14 heteroatoms. The number of carbonyl (C=O) groups is 1. The minimum atomic E-state index is -4.58. The molecule has 254 valence electrons. The SMILES string of the molecule is [N-]=[N+]=NCc1ccccc1C[C@]1(C(=O)NNCc2ccccc2C(F)(F)F)N=C(c2ccc(OCCCO)cc2)O[C@H]1c1ccc(Br)cc1. The van der Waals surface area contributed by atoms with E-state index in [1.54, 1.807) is 72.8 Å². The molecule has 0 bridgehead atoms. The number of hydrogen-bond donors (Lipinski definition) is 3. The summed E-state index contributed by atoms with van der Waals surface area (Å²) in [7, 11) is 0. The lowest BCUT2D eigenvalue weighted by Gasteiger charge is -2.31. The Kier molecular flexibility index (Phi) is 11.6. The Morgan fingerprint density at radius 3 is 2.35 bits per heavy atom. The highest BCUT2D eigenvalue weighted by atomic mass is 79.9. The Bertz CT molecular complexity index is 1830. The number of carbonyl (C=O) groups excluding carboxylic acids is 1. The average molecular weight is 738 g/mol. The van der Waals surface area contributed by atoms with Crippen molar-refractivity contribution < 1.29 is 32.5 Å². The Labute approximate surface area is 288 Å². The van der Waals surface area contributed by atoms with Crippen molar-refractivity contribution in [3.8, 4) is 5.75 Å². The zero-order valence-corrected chi connectivity index (χ0v) is 27.6. The second-order valence-electron chi connectivity index (χ2n) is 11.1. The highest BCUT2D eigenvalue weighted by molar-refractivity contribution is 9.10. The van der Waals surface area contributed by atoms with Crippen LogP contribution in [0.3, 0.4) is 0 Å². The third-order valence-corrected chi connectivity index (χ3v) is 8.42. The van der Waals surface area contributed by atoms with E-state index >= 15 is 0 Å². The summed E-state index contributed by atoms with van der Waals surface area (Å²) >= 11 is 3.45. The molecule has 1 aliphatic heterocycles. The Hall–Kier alpha value is -4.88. The zero-order chi connectivity index (χ0) is 34.9. The maximum absolute atomic E-state index is 14.5. The second kappa shape index (κ2) is 16.0. The molecule has 0 aliphatic carbocycles. The van der Waals surface area contributed by atoms with Crippen LogP contribution in [0.2, 0.25) is 0 Å². The highest BCUT2D eigenvalue weighted by Crippen LogP contribution is 2.43. The van der Waals surface area contributed by atoms with Gasteiger partial charge in [0, 0.05) is 40.9 Å². The van der Waals surface area contributed by atoms with Gasteiger partial charge in [0.05, 0.1) is 18.7 Å². The maximum Gasteiger partial charge on any atom is 0.416 e. The summed E-state index contributed by atoms with van der Waals surface area (Å²) in [5.41, 5.74) is 14.3. The molecule has 1 aliphatic rings. The van der Waals surface area contributed by atoms with Crippen molar-refractivity contribution in [1.29, 1.82) is 0 Å². The largest absolute Gasteiger partial charge is 0.494 e. The van der Waals surface area contributed by atoms with E-state index in [1.807, 2.05) is 0 Å². The number of alkyl halides is 3. The Balaban J connectivity index is 1.56. The van der Waals surface area contributed by atoms with Gasteiger partial charge in [-0.3, -0.25) is 10.2 Å². The van der Waals surface area contributed by atoms with Gasteiger partial charge < -0.3 is 14.6 Å². The molecule has 0 aromatic heterocycles. The molecular formula is C35H32BrF3N6O4. The minimum Gasteiger partial charge on any atom is -0.494 e. The van der Waals surface area contributed by atoms with Crippen LogP contribution in [-0.4, -0.2) is 35.7 Å². The van der Waals surface area contributed by atoms with Gasteiger partial charge in [-0.1, -0.05) is 75.6 Å². The molecule has 49 heavy (non-hydrogen) atoms. The van der Waals surface area contributed by atoms with Gasteiger partial charge in [0.25, 0.3) is 5.91 Å². The van der Waals surface area contributed by atoms with Crippen LogP contribution in [0.15, 0.2) is 112 Å². The van der Waals surface area contributed by atoms with Gasteiger partial charge in [-0.25, -0.2) is 10.4 Å². The van der Waals surface area contributed by atoms with Crippen molar-refractivity contribution in [2.75, 3.05) is 13.2 Å². The zero-order valence-electron chi connectivity index (χ0n) is 26.0. The van der Waals surface area contributed by atoms with Gasteiger partial charge in [-0.2, -0.15) is 13.2 Å². The van der Waals surface area contributed by atoms with Crippen LogP contribution in [0.25, 0.3) is 10.4 Å². The van der Waals surface area contributed by atoms with E-state index < -0.39 is 29.3 Å². The van der Waals surface area contributed by atoms with Crippen LogP contribution in [0.1, 0.15) is 45.9 Å². The number of halogens is 4. The van der Waals surface area contributed by atoms with Gasteiger partial charge >= 0.3 is 6.18 Å². The van der Waals surface area contributed by atoms with Crippen molar-refractivity contribution in [1.82, 2.24) is 10.9 Å². The number of aliphatic hydroxyl groups excluding tert-OH is 1. The molecule has 10 nitrogen and oxygen atoms in total. The van der Waals surface area contributed by atoms with E-state index in [0.29, 0.717) is 41.0 Å². The predicted octanol–water partition coefficient (Wildman–Crippen LogP) is 7.36. The number of nitrogens with one attached hydrogen (secondary N) is 2. The number of hydrogen-bond acceptors (Lipinski definition) is 7. The summed E-state index contributed by atoms with van der Waals surface area (Å²) in [6.45, 7) is 0.0377. The summed E-state index contributed by atoms with van der Waals surface area (Å²) < 4.78 is 54.0. The summed E-state index contributed by atoms with van der Waals surface area (Å²) in [5.74, 6) is 0.0851. The fourth-order valence-corrected chi connectivity index (χ4v) is 5.75. The van der Waals surface area contributed by atoms with Gasteiger partial charge in [0.15, 0.2) is 11.6 Å². The fourth-order valence-electron chi connectivity index (χ4n) is 5.48. The number of rotatable bonds is 14. The van der Waals surface area contributed by atoms with Crippen molar-refractivity contribution in [3.63, 3.8) is 0 Å². The molecule has 1 heterocycles.